The number of anilines is 2. The van der Waals surface area contributed by atoms with Gasteiger partial charge in [0.15, 0.2) is 0 Å². The minimum absolute atomic E-state index is 0.0910. The maximum Gasteiger partial charge on any atom is 0.253 e. The van der Waals surface area contributed by atoms with E-state index in [9.17, 15) is 19.2 Å². The van der Waals surface area contributed by atoms with Crippen LogP contribution in [-0.2, 0) is 33.6 Å². The van der Waals surface area contributed by atoms with Crippen molar-refractivity contribution >= 4 is 51.9 Å². The van der Waals surface area contributed by atoms with Crippen LogP contribution in [0.4, 0.5) is 11.4 Å². The first kappa shape index (κ1) is 25.0. The molecule has 198 valence electrons. The molecule has 1 unspecified atom stereocenters. The number of hydrazone groups is 1. The molecule has 3 amide bonds. The molecule has 0 bridgehead atoms. The summed E-state index contributed by atoms with van der Waals surface area (Å²) >= 11 is 1.58. The monoisotopic (exact) mass is 532 g/mol. The molecule has 6 rings (SSSR count). The van der Waals surface area contributed by atoms with Gasteiger partial charge < -0.3 is 10.6 Å². The summed E-state index contributed by atoms with van der Waals surface area (Å²) in [5.41, 5.74) is 3.56. The van der Waals surface area contributed by atoms with E-state index in [0.717, 1.165) is 53.1 Å². The second kappa shape index (κ2) is 10.1. The number of carbonyl (C=O) groups excluding carboxylic acids is 4. The van der Waals surface area contributed by atoms with E-state index < -0.39 is 0 Å². The lowest BCUT2D eigenvalue weighted by molar-refractivity contribution is -0.120. The predicted octanol–water partition coefficient (Wildman–Crippen LogP) is 4.27. The second-order valence-electron chi connectivity index (χ2n) is 11.1. The zero-order valence-corrected chi connectivity index (χ0v) is 22.4. The molecule has 4 aliphatic rings. The van der Waals surface area contributed by atoms with Gasteiger partial charge in [-0.05, 0) is 81.5 Å². The Kier molecular flexibility index (Phi) is 6.63. The van der Waals surface area contributed by atoms with Crippen molar-refractivity contribution in [1.29, 1.82) is 0 Å². The molecule has 38 heavy (non-hydrogen) atoms. The van der Waals surface area contributed by atoms with Gasteiger partial charge in [0.25, 0.3) is 11.8 Å². The predicted molar refractivity (Wildman–Crippen MR) is 147 cm³/mol. The quantitative estimate of drug-likeness (QED) is 0.503. The number of thiophene rings is 1. The zero-order chi connectivity index (χ0) is 26.4. The minimum Gasteiger partial charge on any atom is -0.352 e. The van der Waals surface area contributed by atoms with Crippen molar-refractivity contribution in [1.82, 2.24) is 5.32 Å². The highest BCUT2D eigenvalue weighted by Gasteiger charge is 2.35. The van der Waals surface area contributed by atoms with E-state index in [-0.39, 0.29) is 35.3 Å². The first-order valence-electron chi connectivity index (χ1n) is 13.6. The molecule has 1 atom stereocenters. The number of ketones is 1. The van der Waals surface area contributed by atoms with Crippen molar-refractivity contribution in [2.45, 2.75) is 64.7 Å². The van der Waals surface area contributed by atoms with Crippen LogP contribution in [0.1, 0.15) is 71.1 Å². The fraction of sp³-hybridized carbons (Fsp3) is 0.483. The summed E-state index contributed by atoms with van der Waals surface area (Å²) in [5.74, 6) is 0.355. The number of benzene rings is 1. The third kappa shape index (κ3) is 5.29. The van der Waals surface area contributed by atoms with E-state index in [1.807, 2.05) is 6.92 Å². The lowest BCUT2D eigenvalue weighted by atomic mass is 9.85. The minimum atomic E-state index is -0.281. The Morgan fingerprint density at radius 3 is 2.63 bits per heavy atom. The Morgan fingerprint density at radius 1 is 1.11 bits per heavy atom. The molecule has 0 saturated heterocycles. The van der Waals surface area contributed by atoms with E-state index in [4.69, 9.17) is 0 Å². The van der Waals surface area contributed by atoms with Crippen molar-refractivity contribution in [3.8, 4) is 0 Å². The van der Waals surface area contributed by atoms with Crippen LogP contribution < -0.4 is 15.6 Å². The van der Waals surface area contributed by atoms with Crippen LogP contribution in [0.25, 0.3) is 0 Å². The largest absolute Gasteiger partial charge is 0.352 e. The fourth-order valence-corrected chi connectivity index (χ4v) is 6.68. The number of nitrogens with zero attached hydrogens (tertiary/aromatic N) is 2. The maximum absolute atomic E-state index is 13.3. The third-order valence-corrected chi connectivity index (χ3v) is 9.11. The Hall–Kier alpha value is -3.33. The number of hydrogen-bond donors (Lipinski definition) is 2. The van der Waals surface area contributed by atoms with Gasteiger partial charge in [0.2, 0.25) is 5.91 Å². The molecule has 1 aliphatic heterocycles. The Labute approximate surface area is 225 Å². The van der Waals surface area contributed by atoms with Gasteiger partial charge in [-0.1, -0.05) is 6.07 Å². The van der Waals surface area contributed by atoms with Crippen LogP contribution in [0.2, 0.25) is 0 Å². The van der Waals surface area contributed by atoms with Gasteiger partial charge in [-0.15, -0.1) is 11.3 Å². The number of fused-ring (bicyclic) bond motifs is 1. The van der Waals surface area contributed by atoms with Crippen LogP contribution in [0.5, 0.6) is 0 Å². The average molecular weight is 533 g/mol. The van der Waals surface area contributed by atoms with Crippen LogP contribution >= 0.6 is 11.3 Å². The van der Waals surface area contributed by atoms with Crippen molar-refractivity contribution < 1.29 is 19.2 Å². The fourth-order valence-electron chi connectivity index (χ4n) is 5.32. The molecular formula is C29H32N4O4S. The smallest absolute Gasteiger partial charge is 0.253 e. The van der Waals surface area contributed by atoms with Crippen LogP contribution in [0.3, 0.4) is 0 Å². The summed E-state index contributed by atoms with van der Waals surface area (Å²) in [6, 6.07) is 7.15. The van der Waals surface area contributed by atoms with E-state index in [0.29, 0.717) is 55.1 Å². The Morgan fingerprint density at radius 2 is 1.92 bits per heavy atom. The highest BCUT2D eigenvalue weighted by atomic mass is 32.1. The summed E-state index contributed by atoms with van der Waals surface area (Å²) < 4.78 is 0. The molecule has 2 N–H and O–H groups in total. The number of hydrogen-bond acceptors (Lipinski definition) is 6. The average Bonchev–Trinajstić information content (AvgIpc) is 3.82. The van der Waals surface area contributed by atoms with Gasteiger partial charge in [-0.3, -0.25) is 19.2 Å². The standard InChI is InChI=1S/C29H32N4O4S/c1-16-11-26(35)33(32-16)21-4-2-3-20(13-21)31-28(36)19-9-10-24-22(12-19)27(29(37)30-15-17-5-6-17)25(38-24)14-23(34)18-7-8-18/h2-4,13,17-19H,5-12,14-15H2,1H3,(H,30,37)(H,31,36). The maximum atomic E-state index is 13.3. The molecule has 3 aliphatic carbocycles. The van der Waals surface area contributed by atoms with E-state index >= 15 is 0 Å². The van der Waals surface area contributed by atoms with Gasteiger partial charge in [0.1, 0.15) is 5.78 Å². The normalized spacial score (nSPS) is 20.7. The van der Waals surface area contributed by atoms with Crippen molar-refractivity contribution in [2.75, 3.05) is 16.9 Å². The Balaban J connectivity index is 1.19. The SMILES string of the molecule is CC1=NN(c2cccc(NC(=O)C3CCc4sc(CC(=O)C5CC5)c(C(=O)NCC5CC5)c4C3)c2)C(=O)C1. The van der Waals surface area contributed by atoms with Crippen molar-refractivity contribution in [3.05, 3.63) is 45.1 Å². The summed E-state index contributed by atoms with van der Waals surface area (Å²) in [5, 5.41) is 11.8. The topological polar surface area (TPSA) is 108 Å². The lowest BCUT2D eigenvalue weighted by Crippen LogP contribution is -2.31. The van der Waals surface area contributed by atoms with Gasteiger partial charge in [0, 0.05) is 46.0 Å². The van der Waals surface area contributed by atoms with Gasteiger partial charge in [0.05, 0.1) is 17.7 Å². The number of Topliss-reactive ketones (excluding diaryl/α,β-unsaturated/α-hetero) is 1. The van der Waals surface area contributed by atoms with Crippen LogP contribution in [0.15, 0.2) is 29.4 Å². The van der Waals surface area contributed by atoms with E-state index in [2.05, 4.69) is 15.7 Å². The number of aryl methyl sites for hydroxylation is 1. The lowest BCUT2D eigenvalue weighted by Gasteiger charge is -2.23. The Bertz CT molecular complexity index is 1350. The van der Waals surface area contributed by atoms with Crippen molar-refractivity contribution in [2.24, 2.45) is 22.9 Å². The second-order valence-corrected chi connectivity index (χ2v) is 12.3. The summed E-state index contributed by atoms with van der Waals surface area (Å²) in [7, 11) is 0. The molecular weight excluding hydrogens is 500 g/mol. The number of nitrogens with one attached hydrogen (secondary N) is 2. The molecule has 1 aromatic heterocycles. The number of rotatable bonds is 9. The molecule has 9 heteroatoms. The molecule has 2 fully saturated rings. The number of carbonyl (C=O) groups is 4. The molecule has 2 heterocycles. The summed E-state index contributed by atoms with van der Waals surface area (Å²) in [6.07, 6.45) is 6.70. The first-order chi connectivity index (χ1) is 18.4. The number of amides is 3. The molecule has 1 aromatic carbocycles. The molecule has 0 radical (unpaired) electrons. The summed E-state index contributed by atoms with van der Waals surface area (Å²) in [6.45, 7) is 2.49. The highest BCUT2D eigenvalue weighted by molar-refractivity contribution is 7.12. The van der Waals surface area contributed by atoms with Gasteiger partial charge in [-0.2, -0.15) is 5.10 Å². The third-order valence-electron chi connectivity index (χ3n) is 7.82. The summed E-state index contributed by atoms with van der Waals surface area (Å²) in [4.78, 5) is 53.5. The molecule has 2 saturated carbocycles. The van der Waals surface area contributed by atoms with Crippen LogP contribution in [0, 0.1) is 17.8 Å². The van der Waals surface area contributed by atoms with Gasteiger partial charge >= 0.3 is 0 Å². The first-order valence-corrected chi connectivity index (χ1v) is 14.4. The van der Waals surface area contributed by atoms with Crippen molar-refractivity contribution in [3.63, 3.8) is 0 Å². The zero-order valence-electron chi connectivity index (χ0n) is 21.5. The van der Waals surface area contributed by atoms with E-state index in [1.165, 1.54) is 5.01 Å². The molecule has 2 aromatic rings. The molecule has 8 nitrogen and oxygen atoms in total. The van der Waals surface area contributed by atoms with Crippen LogP contribution in [-0.4, -0.2) is 35.8 Å². The van der Waals surface area contributed by atoms with E-state index in [1.54, 1.807) is 35.6 Å². The van der Waals surface area contributed by atoms with Gasteiger partial charge in [-0.25, -0.2) is 5.01 Å². The highest BCUT2D eigenvalue weighted by Crippen LogP contribution is 2.39. The molecule has 0 spiro atoms.